The van der Waals surface area contributed by atoms with Crippen LogP contribution in [-0.2, 0) is 11.3 Å². The van der Waals surface area contributed by atoms with Crippen molar-refractivity contribution in [2.75, 3.05) is 20.8 Å². The van der Waals surface area contributed by atoms with Crippen LogP contribution in [0.2, 0.25) is 0 Å². The smallest absolute Gasteiger partial charge is 0.277 e. The number of thiocarbonyl (C=S) groups is 1. The molecule has 0 aromatic heterocycles. The van der Waals surface area contributed by atoms with E-state index in [-0.39, 0.29) is 5.91 Å². The van der Waals surface area contributed by atoms with E-state index in [1.807, 2.05) is 42.5 Å². The summed E-state index contributed by atoms with van der Waals surface area (Å²) in [7, 11) is 3.37. The Morgan fingerprint density at radius 2 is 1.93 bits per heavy atom. The Hall–Kier alpha value is -2.64. The van der Waals surface area contributed by atoms with Gasteiger partial charge in [-0.25, -0.2) is 0 Å². The SMILES string of the molecule is C=CCOc1cc(Br)c(/C=C2\C(=O)N(Cc3ccccc3)C(=S)N2C)cc1OC. The number of likely N-dealkylation sites (N-methyl/N-ethyl adjacent to an activating group) is 1. The first-order valence-corrected chi connectivity index (χ1v) is 10.1. The number of rotatable bonds is 7. The first-order chi connectivity index (χ1) is 14.0. The Labute approximate surface area is 184 Å². The Bertz CT molecular complexity index is 976. The van der Waals surface area contributed by atoms with Crippen molar-refractivity contribution in [3.05, 3.63) is 76.4 Å². The molecular weight excluding hydrogens is 452 g/mol. The van der Waals surface area contributed by atoms with Gasteiger partial charge in [-0.1, -0.05) is 58.9 Å². The van der Waals surface area contributed by atoms with Crippen LogP contribution >= 0.6 is 28.1 Å². The number of amides is 1. The summed E-state index contributed by atoms with van der Waals surface area (Å²) in [6.45, 7) is 4.45. The van der Waals surface area contributed by atoms with Gasteiger partial charge in [0.2, 0.25) is 0 Å². The molecule has 29 heavy (non-hydrogen) atoms. The summed E-state index contributed by atoms with van der Waals surface area (Å²) in [6, 6.07) is 13.4. The molecule has 0 aliphatic carbocycles. The van der Waals surface area contributed by atoms with Crippen molar-refractivity contribution in [3.8, 4) is 11.5 Å². The minimum Gasteiger partial charge on any atom is -0.493 e. The van der Waals surface area contributed by atoms with Gasteiger partial charge in [-0.2, -0.15) is 0 Å². The van der Waals surface area contributed by atoms with E-state index in [0.29, 0.717) is 35.5 Å². The highest BCUT2D eigenvalue weighted by Crippen LogP contribution is 2.35. The molecule has 0 saturated carbocycles. The van der Waals surface area contributed by atoms with Crippen molar-refractivity contribution in [2.45, 2.75) is 6.54 Å². The third-order valence-corrected chi connectivity index (χ3v) is 5.64. The molecular formula is C22H21BrN2O3S. The van der Waals surface area contributed by atoms with E-state index >= 15 is 0 Å². The second-order valence-electron chi connectivity index (χ2n) is 6.37. The van der Waals surface area contributed by atoms with Crippen LogP contribution in [-0.4, -0.2) is 41.6 Å². The summed E-state index contributed by atoms with van der Waals surface area (Å²) in [5, 5.41) is 0.471. The van der Waals surface area contributed by atoms with Gasteiger partial charge in [-0.15, -0.1) is 0 Å². The summed E-state index contributed by atoms with van der Waals surface area (Å²) < 4.78 is 11.8. The molecule has 0 spiro atoms. The number of carbonyl (C=O) groups is 1. The molecule has 2 aromatic carbocycles. The standard InChI is InChI=1S/C22H21BrN2O3S/c1-4-10-28-20-13-17(23)16(12-19(20)27-3)11-18-21(26)25(22(29)24(18)2)14-15-8-6-5-7-9-15/h4-9,11-13H,1,10,14H2,2-3H3/b18-11+. The Kier molecular flexibility index (Phi) is 6.71. The fraction of sp³-hybridized carbons (Fsp3) is 0.182. The largest absolute Gasteiger partial charge is 0.493 e. The van der Waals surface area contributed by atoms with E-state index in [0.717, 1.165) is 15.6 Å². The minimum atomic E-state index is -0.140. The van der Waals surface area contributed by atoms with Crippen molar-refractivity contribution in [1.29, 1.82) is 0 Å². The predicted molar refractivity (Wildman–Crippen MR) is 122 cm³/mol. The number of benzene rings is 2. The van der Waals surface area contributed by atoms with E-state index in [4.69, 9.17) is 21.7 Å². The van der Waals surface area contributed by atoms with Crippen molar-refractivity contribution in [3.63, 3.8) is 0 Å². The van der Waals surface area contributed by atoms with Gasteiger partial charge >= 0.3 is 0 Å². The molecule has 1 amide bonds. The zero-order valence-electron chi connectivity index (χ0n) is 16.2. The molecule has 0 radical (unpaired) electrons. The van der Waals surface area contributed by atoms with Crippen LogP contribution < -0.4 is 9.47 Å². The summed E-state index contributed by atoms with van der Waals surface area (Å²) in [5.74, 6) is 1.02. The number of ether oxygens (including phenoxy) is 2. The van der Waals surface area contributed by atoms with Crippen LogP contribution in [0.4, 0.5) is 0 Å². The first-order valence-electron chi connectivity index (χ1n) is 8.92. The number of carbonyl (C=O) groups excluding carboxylic acids is 1. The number of hydrogen-bond acceptors (Lipinski definition) is 4. The average molecular weight is 473 g/mol. The highest BCUT2D eigenvalue weighted by molar-refractivity contribution is 9.10. The molecule has 3 rings (SSSR count). The molecule has 1 fully saturated rings. The van der Waals surface area contributed by atoms with Gasteiger partial charge in [-0.05, 0) is 41.6 Å². The van der Waals surface area contributed by atoms with Crippen LogP contribution in [0.5, 0.6) is 11.5 Å². The molecule has 1 aliphatic heterocycles. The van der Waals surface area contributed by atoms with Gasteiger partial charge in [0.15, 0.2) is 16.6 Å². The van der Waals surface area contributed by atoms with Crippen molar-refractivity contribution < 1.29 is 14.3 Å². The average Bonchev–Trinajstić information content (AvgIpc) is 2.92. The van der Waals surface area contributed by atoms with E-state index in [2.05, 4.69) is 22.5 Å². The highest BCUT2D eigenvalue weighted by Gasteiger charge is 2.35. The summed E-state index contributed by atoms with van der Waals surface area (Å²) in [5.41, 5.74) is 2.30. The van der Waals surface area contributed by atoms with Gasteiger partial charge in [0.1, 0.15) is 12.3 Å². The maximum Gasteiger partial charge on any atom is 0.277 e. The van der Waals surface area contributed by atoms with Crippen LogP contribution in [0.15, 0.2) is 65.3 Å². The third-order valence-electron chi connectivity index (χ3n) is 4.46. The van der Waals surface area contributed by atoms with Crippen LogP contribution in [0.25, 0.3) is 6.08 Å². The Morgan fingerprint density at radius 1 is 1.21 bits per heavy atom. The molecule has 0 atom stereocenters. The zero-order valence-corrected chi connectivity index (χ0v) is 18.6. The molecule has 0 unspecified atom stereocenters. The lowest BCUT2D eigenvalue weighted by molar-refractivity contribution is -0.122. The quantitative estimate of drug-likeness (QED) is 0.334. The monoisotopic (exact) mass is 472 g/mol. The van der Waals surface area contributed by atoms with Gasteiger partial charge in [0, 0.05) is 11.5 Å². The fourth-order valence-corrected chi connectivity index (χ4v) is 3.63. The van der Waals surface area contributed by atoms with Crippen molar-refractivity contribution in [1.82, 2.24) is 9.80 Å². The lowest BCUT2D eigenvalue weighted by Gasteiger charge is -2.16. The zero-order chi connectivity index (χ0) is 21.0. The van der Waals surface area contributed by atoms with Crippen LogP contribution in [0.1, 0.15) is 11.1 Å². The van der Waals surface area contributed by atoms with E-state index in [9.17, 15) is 4.79 Å². The highest BCUT2D eigenvalue weighted by atomic mass is 79.9. The third kappa shape index (κ3) is 4.52. The Morgan fingerprint density at radius 3 is 2.59 bits per heavy atom. The first kappa shape index (κ1) is 21.1. The molecule has 7 heteroatoms. The lowest BCUT2D eigenvalue weighted by Crippen LogP contribution is -2.30. The topological polar surface area (TPSA) is 42.0 Å². The maximum atomic E-state index is 13.1. The number of halogens is 1. The molecule has 0 bridgehead atoms. The predicted octanol–water partition coefficient (Wildman–Crippen LogP) is 4.62. The number of hydrogen-bond donors (Lipinski definition) is 0. The van der Waals surface area contributed by atoms with E-state index in [1.54, 1.807) is 36.1 Å². The number of methoxy groups -OCH3 is 1. The lowest BCUT2D eigenvalue weighted by atomic mass is 10.1. The number of nitrogens with zero attached hydrogens (tertiary/aromatic N) is 2. The summed E-state index contributed by atoms with van der Waals surface area (Å²) in [6.07, 6.45) is 3.46. The van der Waals surface area contributed by atoms with Gasteiger partial charge in [-0.3, -0.25) is 9.69 Å². The van der Waals surface area contributed by atoms with E-state index < -0.39 is 0 Å². The second-order valence-corrected chi connectivity index (χ2v) is 7.59. The van der Waals surface area contributed by atoms with Crippen molar-refractivity contribution >= 4 is 45.2 Å². The fourth-order valence-electron chi connectivity index (χ4n) is 2.95. The van der Waals surface area contributed by atoms with Gasteiger partial charge in [0.05, 0.1) is 13.7 Å². The van der Waals surface area contributed by atoms with Gasteiger partial charge in [0.25, 0.3) is 5.91 Å². The molecule has 1 heterocycles. The van der Waals surface area contributed by atoms with Crippen LogP contribution in [0.3, 0.4) is 0 Å². The van der Waals surface area contributed by atoms with Crippen LogP contribution in [0, 0.1) is 0 Å². The van der Waals surface area contributed by atoms with Gasteiger partial charge < -0.3 is 14.4 Å². The maximum absolute atomic E-state index is 13.1. The molecule has 5 nitrogen and oxygen atoms in total. The molecule has 1 saturated heterocycles. The van der Waals surface area contributed by atoms with Crippen molar-refractivity contribution in [2.24, 2.45) is 0 Å². The molecule has 2 aromatic rings. The second kappa shape index (κ2) is 9.24. The normalized spacial score (nSPS) is 15.2. The summed E-state index contributed by atoms with van der Waals surface area (Å²) in [4.78, 5) is 16.4. The summed E-state index contributed by atoms with van der Waals surface area (Å²) >= 11 is 9.06. The Balaban J connectivity index is 1.92. The minimum absolute atomic E-state index is 0.140. The van der Waals surface area contributed by atoms with E-state index in [1.165, 1.54) is 0 Å². The molecule has 1 aliphatic rings. The molecule has 0 N–H and O–H groups in total. The molecule has 150 valence electrons.